The van der Waals surface area contributed by atoms with E-state index in [2.05, 4.69) is 123 Å². The Kier molecular flexibility index (Phi) is 32.9. The first kappa shape index (κ1) is 108. The minimum atomic E-state index is -0.833. The molecular formula is C114H181N5O18. The number of hydrogen-bond acceptors (Lipinski definition) is 18. The number of amides is 4. The maximum atomic E-state index is 12.3. The van der Waals surface area contributed by atoms with Crippen LogP contribution >= 0.6 is 0 Å². The minimum Gasteiger partial charge on any atom is -0.481 e. The number of aliphatic hydroxyl groups is 6. The Morgan fingerprint density at radius 3 is 1.07 bits per heavy atom. The second-order valence-electron chi connectivity index (χ2n) is 50.7. The number of aldehydes is 2. The van der Waals surface area contributed by atoms with Gasteiger partial charge in [-0.3, -0.25) is 33.6 Å². The maximum Gasteiger partial charge on any atom is 0.303 e. The summed E-state index contributed by atoms with van der Waals surface area (Å²) in [6.45, 7) is 55.6. The fourth-order valence-electron chi connectivity index (χ4n) is 36.4. The predicted octanol–water partition coefficient (Wildman–Crippen LogP) is 17.1. The van der Waals surface area contributed by atoms with Crippen molar-refractivity contribution < 1.29 is 88.4 Å². The molecule has 18 saturated carbocycles. The van der Waals surface area contributed by atoms with Gasteiger partial charge in [0.25, 0.3) is 5.97 Å². The van der Waals surface area contributed by atoms with Gasteiger partial charge in [-0.05, 0) is 374 Å². The van der Waals surface area contributed by atoms with Crippen molar-refractivity contribution >= 4 is 54.1 Å². The topological polar surface area (TPSA) is 388 Å². The van der Waals surface area contributed by atoms with Gasteiger partial charge < -0.3 is 81.8 Å². The second kappa shape index (κ2) is 41.6. The zero-order valence-corrected chi connectivity index (χ0v) is 86.9. The van der Waals surface area contributed by atoms with Crippen molar-refractivity contribution in [1.82, 2.24) is 21.3 Å². The Hall–Kier alpha value is -5.95. The van der Waals surface area contributed by atoms with E-state index in [0.29, 0.717) is 65.6 Å². The van der Waals surface area contributed by atoms with Crippen LogP contribution in [-0.2, 0) is 52.6 Å². The van der Waals surface area contributed by atoms with Gasteiger partial charge in [-0.25, -0.2) is 0 Å². The van der Waals surface area contributed by atoms with E-state index in [-0.39, 0.29) is 192 Å². The maximum absolute atomic E-state index is 12.3. The van der Waals surface area contributed by atoms with Gasteiger partial charge in [-0.15, -0.1) is 0 Å². The van der Waals surface area contributed by atoms with E-state index in [9.17, 15) is 69.0 Å². The average Bonchev–Trinajstić information content (AvgIpc) is 1.64. The van der Waals surface area contributed by atoms with Crippen LogP contribution in [0.2, 0.25) is 0 Å². The number of carbonyl (C=O) groups excluding carboxylic acids is 8. The average molecular weight is 1910 g/mol. The van der Waals surface area contributed by atoms with Gasteiger partial charge in [-0.1, -0.05) is 130 Å². The number of carbonyl (C=O) groups is 9. The van der Waals surface area contributed by atoms with E-state index in [1.54, 1.807) is 20.8 Å². The molecule has 41 atom stereocenters. The molecule has 0 aromatic heterocycles. The van der Waals surface area contributed by atoms with Crippen LogP contribution in [0.25, 0.3) is 0 Å². The van der Waals surface area contributed by atoms with Crippen LogP contribution in [0.15, 0.2) is 60.8 Å². The van der Waals surface area contributed by atoms with Crippen molar-refractivity contribution in [3.8, 4) is 0 Å². The molecule has 0 spiro atoms. The molecule has 0 aliphatic heterocycles. The molecule has 137 heavy (non-hydrogen) atoms. The highest BCUT2D eigenvalue weighted by molar-refractivity contribution is 5.75. The highest BCUT2D eigenvalue weighted by atomic mass is 16.6. The minimum absolute atomic E-state index is 0.000211. The molecule has 18 aliphatic rings. The number of aliphatic carboxylic acids is 1. The largest absolute Gasteiger partial charge is 0.481 e. The Bertz CT molecular complexity index is 4480. The zero-order chi connectivity index (χ0) is 101. The first-order valence-corrected chi connectivity index (χ1v) is 53.8. The molecule has 23 heteroatoms. The Balaban J connectivity index is 0.000000144. The number of ether oxygens (including phenoxy) is 2. The molecule has 0 bridgehead atoms. The summed E-state index contributed by atoms with van der Waals surface area (Å²) in [6, 6.07) is 0.616. The normalized spacial score (nSPS) is 48.2. The molecule has 0 aromatic carbocycles. The number of rotatable bonds is 12. The third-order valence-electron chi connectivity index (χ3n) is 44.4. The highest BCUT2D eigenvalue weighted by Crippen LogP contribution is 2.73. The fraction of sp³-hybridized carbons (Fsp3) is 0.833. The number of carboxylic acids is 1. The van der Waals surface area contributed by atoms with Crippen molar-refractivity contribution in [3.63, 3.8) is 0 Å². The molecule has 4 unspecified atom stereocenters. The molecule has 770 valence electrons. The quantitative estimate of drug-likeness (QED) is 0.0490. The van der Waals surface area contributed by atoms with Gasteiger partial charge in [0, 0.05) is 116 Å². The van der Waals surface area contributed by atoms with Gasteiger partial charge in [0.15, 0.2) is 0 Å². The van der Waals surface area contributed by atoms with Crippen molar-refractivity contribution in [1.29, 1.82) is 0 Å². The lowest BCUT2D eigenvalue weighted by molar-refractivity contribution is -0.233. The molecule has 18 aliphatic carbocycles. The number of nitrogens with one attached hydrogen (secondary N) is 4. The van der Waals surface area contributed by atoms with Crippen LogP contribution in [0.3, 0.4) is 0 Å². The first-order chi connectivity index (χ1) is 64.2. The van der Waals surface area contributed by atoms with Gasteiger partial charge in [0.05, 0.1) is 24.4 Å². The lowest BCUT2D eigenvalue weighted by atomic mass is 9.43. The third kappa shape index (κ3) is 19.9. The zero-order valence-electron chi connectivity index (χ0n) is 86.9. The van der Waals surface area contributed by atoms with Crippen LogP contribution in [0.1, 0.15) is 342 Å². The number of allylic oxidation sites excluding steroid dienone is 5. The van der Waals surface area contributed by atoms with Gasteiger partial charge in [0.2, 0.25) is 23.6 Å². The van der Waals surface area contributed by atoms with E-state index < -0.39 is 42.6 Å². The molecule has 0 heterocycles. The summed E-state index contributed by atoms with van der Waals surface area (Å²) < 4.78 is 12.0. The summed E-state index contributed by atoms with van der Waals surface area (Å²) in [5.74, 6) is 3.94. The van der Waals surface area contributed by atoms with Crippen LogP contribution in [-0.4, -0.2) is 170 Å². The molecule has 0 saturated heterocycles. The molecular weight excluding hydrogens is 1730 g/mol. The van der Waals surface area contributed by atoms with E-state index in [1.807, 2.05) is 0 Å². The molecule has 13 N–H and O–H groups in total. The Morgan fingerprint density at radius 2 is 0.664 bits per heavy atom. The third-order valence-corrected chi connectivity index (χ3v) is 44.4. The van der Waals surface area contributed by atoms with Crippen molar-refractivity contribution in [3.05, 3.63) is 60.8 Å². The summed E-state index contributed by atoms with van der Waals surface area (Å²) in [7, 11) is 0. The van der Waals surface area contributed by atoms with Crippen molar-refractivity contribution in [2.75, 3.05) is 13.2 Å². The lowest BCUT2D eigenvalue weighted by Gasteiger charge is -2.64. The highest BCUT2D eigenvalue weighted by Gasteiger charge is 2.70. The lowest BCUT2D eigenvalue weighted by Crippen LogP contribution is -2.66. The van der Waals surface area contributed by atoms with Gasteiger partial charge >= 0.3 is 11.9 Å². The molecule has 0 radical (unpaired) electrons. The first-order valence-electron chi connectivity index (χ1n) is 53.8. The molecule has 18 rings (SSSR count). The number of esters is 2. The molecule has 18 fully saturated rings. The summed E-state index contributed by atoms with van der Waals surface area (Å²) in [5.41, 5.74) is 13.6. The SMILES string of the molecule is C=C1CC[C@H]2C3C(OC(C)=O)[C@H](OC(C)=O)[C@H]4C[C@@H](NC(C)=O)CC[C@]4(C)[C@H]3CC[C@]12C.C=C1CC[C@H]2C3[C@@H](O)[C@H](O)[C@H]4C[C@@H](N)CC[C@]4(C)[C@H]3CC[C@]12C.C=C1CC[C@H]2C3[C@@H](O)[C@H](O)[C@H]4C[C@@H](NC(C)=O)CC[C@]4(C)[C@H]3CC[C@]12C.C=C1CC[C@H]2[C@H](C=O)[C@@H]([C@@]3(C)CC[C@H](NC(C)=O)C[C@@H]3C=O)CC[C@]12C.C=C1CC[C@H]2[C@H](CO)[C@@H]([C@@]3(C)CC[C@H](NC(C)=O)C[C@@H]3CO)CC[C@]12C.CC(=O)O. The van der Waals surface area contributed by atoms with E-state index in [4.69, 9.17) is 25.1 Å². The predicted molar refractivity (Wildman–Crippen MR) is 531 cm³/mol. The smallest absolute Gasteiger partial charge is 0.303 e. The van der Waals surface area contributed by atoms with E-state index >= 15 is 0 Å². The number of hydrogen-bond donors (Lipinski definition) is 12. The Morgan fingerprint density at radius 1 is 0.343 bits per heavy atom. The summed E-state index contributed by atoms with van der Waals surface area (Å²) in [5, 5.41) is 84.3. The fourth-order valence-corrected chi connectivity index (χ4v) is 36.4. The molecule has 23 nitrogen and oxygen atoms in total. The van der Waals surface area contributed by atoms with Crippen LogP contribution in [0.5, 0.6) is 0 Å². The number of carboxylic acid groups (broad SMARTS) is 1. The van der Waals surface area contributed by atoms with Gasteiger partial charge in [0.1, 0.15) is 24.8 Å². The monoisotopic (exact) mass is 1910 g/mol. The summed E-state index contributed by atoms with van der Waals surface area (Å²) >= 11 is 0. The molecule has 4 amide bonds. The standard InChI is InChI=1S/C26H39NO5.C22H35NO3.C22H37NO3.C22H33NO3.C20H33NO2.C2H4O2/c1-14-7-8-19-22-20(10-12-25(14,19)5)26(6)11-9-18(27-15(2)28)13-21(26)23(31-16(3)29)24(22)32-17(4)30;1-12-5-6-15-18-16(8-10-21(12,15)3)22(4)9-7-14(23-13(2)24)11-17(22)19(25)20(18)26;2*1-14-5-6-19-18(13-25)20(8-10-21(14,19)3)22(4)9-7-17(23-15(2)26)11-16(22)12-24;1-11-4-5-13-16-14(7-9-19(11,13)2)20(3)8-6-12(21)10-15(20)17(22)18(16)23;1-2(3)4/h18-24H,1,7-13H2,2-6H3,(H,27,28);14-20,25-26H,1,5-11H2,2-4H3,(H,23,24);16-20,24-25H,1,5-13H2,2-4H3,(H,23,26);12-13,16-20H,1,5-11H2,2-4H3,(H,23,26);12-18,22-23H,1,4-10,21H2,2-3H3;1H3,(H,3,4)/t18-,19-,20-,21+,22?,23+,24?,25+,26+;14-,15-,16-,17+,18?,19+,20+,21+,22+;2*16-,17+,18+,19+,20+,21-,22+;12-,13-,14-,15+,16?,17+,18+,19+,20+;/m00110./s1. The van der Waals surface area contributed by atoms with Crippen LogP contribution in [0.4, 0.5) is 0 Å². The van der Waals surface area contributed by atoms with Gasteiger partial charge in [-0.2, -0.15) is 0 Å². The summed E-state index contributed by atoms with van der Waals surface area (Å²) in [6.07, 6.45) is 34.5. The van der Waals surface area contributed by atoms with Crippen LogP contribution in [0, 0.1) is 173 Å². The van der Waals surface area contributed by atoms with E-state index in [1.165, 1.54) is 67.8 Å². The number of nitrogens with two attached hydrogens (primary N) is 1. The van der Waals surface area contributed by atoms with Crippen molar-refractivity contribution in [2.45, 2.75) is 409 Å². The number of aliphatic hydroxyl groups excluding tert-OH is 6. The number of fused-ring (bicyclic) bond motifs is 17. The van der Waals surface area contributed by atoms with E-state index in [0.717, 1.165) is 219 Å². The van der Waals surface area contributed by atoms with Crippen molar-refractivity contribution in [2.24, 2.45) is 178 Å². The summed E-state index contributed by atoms with van der Waals surface area (Å²) in [4.78, 5) is 104. The second-order valence-corrected chi connectivity index (χ2v) is 50.7. The molecule has 0 aromatic rings. The Labute approximate surface area is 820 Å². The van der Waals surface area contributed by atoms with Crippen LogP contribution < -0.4 is 27.0 Å².